The van der Waals surface area contributed by atoms with Crippen molar-refractivity contribution >= 4 is 5.97 Å². The minimum Gasteiger partial charge on any atom is -1.00 e. The van der Waals surface area contributed by atoms with Crippen LogP contribution in [0.25, 0.3) is 0 Å². The van der Waals surface area contributed by atoms with Crippen molar-refractivity contribution in [2.24, 2.45) is 0 Å². The molecule has 0 spiro atoms. The number of allylic oxidation sites excluding steroid dienone is 3. The topological polar surface area (TPSA) is 40.1 Å². The maximum Gasteiger partial charge on any atom is 1.00 e. The van der Waals surface area contributed by atoms with Crippen molar-refractivity contribution in [1.29, 1.82) is 0 Å². The number of carbonyl (C=O) groups is 1. The fourth-order valence-corrected chi connectivity index (χ4v) is 0.245. The molecular weight excluding hydrogens is 202 g/mol. The second kappa shape index (κ2) is 17.8. The number of halogens is 1. The minimum absolute atomic E-state index is 0. The molecule has 0 saturated heterocycles. The Morgan fingerprint density at radius 1 is 1.36 bits per heavy atom. The van der Waals surface area contributed by atoms with Crippen LogP contribution in [-0.4, -0.2) is 5.97 Å². The van der Waals surface area contributed by atoms with E-state index in [1.165, 1.54) is 6.08 Å². The summed E-state index contributed by atoms with van der Waals surface area (Å²) in [7, 11) is 0. The quantitative estimate of drug-likeness (QED) is 0.257. The number of carbonyl (C=O) groups excluding carboxylic acids is 1. The van der Waals surface area contributed by atoms with Gasteiger partial charge in [0.1, 0.15) is 0 Å². The average Bonchev–Trinajstić information content (AvgIpc) is 1.66. The summed E-state index contributed by atoms with van der Waals surface area (Å²) in [6, 6.07) is 0. The zero-order chi connectivity index (χ0) is 6.41. The Morgan fingerprint density at radius 3 is 2.09 bits per heavy atom. The van der Waals surface area contributed by atoms with Gasteiger partial charge in [-0.2, -0.15) is 0 Å². The van der Waals surface area contributed by atoms with Gasteiger partial charge < -0.3 is 22.3 Å². The van der Waals surface area contributed by atoms with E-state index in [4.69, 9.17) is 0 Å². The van der Waals surface area contributed by atoms with Crippen LogP contribution in [0.15, 0.2) is 24.3 Å². The SMILES string of the molecule is CC=CC=CC(=O)[O-].[Cl-].[K+].[Na+]. The summed E-state index contributed by atoms with van der Waals surface area (Å²) in [5.74, 6) is -1.16. The smallest absolute Gasteiger partial charge is 1.00 e. The van der Waals surface area contributed by atoms with Crippen LogP contribution in [0.3, 0.4) is 0 Å². The van der Waals surface area contributed by atoms with Gasteiger partial charge in [0.05, 0.1) is 5.97 Å². The Labute approximate surface area is 138 Å². The Morgan fingerprint density at radius 2 is 1.82 bits per heavy atom. The number of rotatable bonds is 2. The van der Waals surface area contributed by atoms with Gasteiger partial charge in [-0.1, -0.05) is 18.2 Å². The van der Waals surface area contributed by atoms with Gasteiger partial charge in [-0.15, -0.1) is 0 Å². The molecular formula is C6H7ClKNaO2. The average molecular weight is 209 g/mol. The zero-order valence-electron chi connectivity index (χ0n) is 7.00. The first-order valence-electron chi connectivity index (χ1n) is 2.27. The molecule has 0 saturated carbocycles. The summed E-state index contributed by atoms with van der Waals surface area (Å²) in [6.45, 7) is 1.81. The zero-order valence-corrected chi connectivity index (χ0v) is 12.9. The molecule has 0 aromatic heterocycles. The van der Waals surface area contributed by atoms with Crippen LogP contribution >= 0.6 is 0 Å². The van der Waals surface area contributed by atoms with Crippen LogP contribution in [0.2, 0.25) is 0 Å². The summed E-state index contributed by atoms with van der Waals surface area (Å²) in [5.41, 5.74) is 0. The number of hydrogen-bond acceptors (Lipinski definition) is 2. The number of carboxylic acid groups (broad SMARTS) is 1. The first-order chi connectivity index (χ1) is 3.77. The van der Waals surface area contributed by atoms with E-state index in [1.54, 1.807) is 19.1 Å². The van der Waals surface area contributed by atoms with Crippen molar-refractivity contribution in [3.8, 4) is 0 Å². The third kappa shape index (κ3) is 24.5. The van der Waals surface area contributed by atoms with Crippen molar-refractivity contribution in [2.45, 2.75) is 6.92 Å². The van der Waals surface area contributed by atoms with Gasteiger partial charge in [-0.25, -0.2) is 0 Å². The maximum atomic E-state index is 9.64. The molecule has 0 atom stereocenters. The van der Waals surface area contributed by atoms with Gasteiger partial charge in [0.2, 0.25) is 0 Å². The van der Waals surface area contributed by atoms with Gasteiger partial charge in [0.25, 0.3) is 0 Å². The van der Waals surface area contributed by atoms with E-state index >= 15 is 0 Å². The molecule has 11 heavy (non-hydrogen) atoms. The summed E-state index contributed by atoms with van der Waals surface area (Å²) in [5, 5.41) is 9.64. The molecule has 0 bridgehead atoms. The van der Waals surface area contributed by atoms with E-state index in [0.29, 0.717) is 0 Å². The molecule has 0 aliphatic rings. The van der Waals surface area contributed by atoms with E-state index in [0.717, 1.165) is 6.08 Å². The van der Waals surface area contributed by atoms with Crippen molar-refractivity contribution in [1.82, 2.24) is 0 Å². The molecule has 0 heterocycles. The van der Waals surface area contributed by atoms with Crippen LogP contribution in [-0.2, 0) is 4.79 Å². The second-order valence-corrected chi connectivity index (χ2v) is 1.20. The standard InChI is InChI=1S/C6H8O2.ClH.K.Na/c1-2-3-4-5-6(7)8;;;/h2-5H,1H3,(H,7,8);1H;;/q;;2*+1/p-2. The van der Waals surface area contributed by atoms with E-state index < -0.39 is 5.97 Å². The molecule has 0 rings (SSSR count). The normalized spacial score (nSPS) is 8.09. The predicted octanol–water partition coefficient (Wildman–Crippen LogP) is -9.12. The third-order valence-corrected chi connectivity index (χ3v) is 0.536. The molecule has 0 aromatic carbocycles. The minimum atomic E-state index is -1.16. The number of hydrogen-bond donors (Lipinski definition) is 0. The Bertz CT molecular complexity index is 137. The van der Waals surface area contributed by atoms with Crippen LogP contribution < -0.4 is 98.5 Å². The molecule has 0 aliphatic heterocycles. The van der Waals surface area contributed by atoms with E-state index in [-0.39, 0.29) is 93.3 Å². The van der Waals surface area contributed by atoms with E-state index in [2.05, 4.69) is 0 Å². The monoisotopic (exact) mass is 208 g/mol. The van der Waals surface area contributed by atoms with Gasteiger partial charge in [-0.3, -0.25) is 0 Å². The van der Waals surface area contributed by atoms with Crippen molar-refractivity contribution in [3.63, 3.8) is 0 Å². The van der Waals surface area contributed by atoms with Crippen LogP contribution in [0, 0.1) is 0 Å². The molecule has 0 fully saturated rings. The molecule has 52 valence electrons. The summed E-state index contributed by atoms with van der Waals surface area (Å²) >= 11 is 0. The van der Waals surface area contributed by atoms with Gasteiger partial charge in [0, 0.05) is 0 Å². The first kappa shape index (κ1) is 23.1. The van der Waals surface area contributed by atoms with Crippen molar-refractivity contribution in [3.05, 3.63) is 24.3 Å². The fraction of sp³-hybridized carbons (Fsp3) is 0.167. The fourth-order valence-electron chi connectivity index (χ4n) is 0.245. The van der Waals surface area contributed by atoms with Crippen molar-refractivity contribution in [2.75, 3.05) is 0 Å². The van der Waals surface area contributed by atoms with Gasteiger partial charge in [0.15, 0.2) is 0 Å². The molecule has 0 radical (unpaired) electrons. The summed E-state index contributed by atoms with van der Waals surface area (Å²) in [4.78, 5) is 9.64. The Hall–Kier alpha value is 1.88. The molecule has 2 nitrogen and oxygen atoms in total. The van der Waals surface area contributed by atoms with E-state index in [1.807, 2.05) is 0 Å². The van der Waals surface area contributed by atoms with Crippen LogP contribution in [0.5, 0.6) is 0 Å². The van der Waals surface area contributed by atoms with Gasteiger partial charge >= 0.3 is 80.9 Å². The molecule has 0 amide bonds. The number of carboxylic acids is 1. The molecule has 0 aromatic rings. The second-order valence-electron chi connectivity index (χ2n) is 1.20. The predicted molar refractivity (Wildman–Crippen MR) is 29.0 cm³/mol. The Balaban J connectivity index is -0.0000000817. The third-order valence-electron chi connectivity index (χ3n) is 0.536. The molecule has 0 N–H and O–H groups in total. The molecule has 5 heteroatoms. The largest absolute Gasteiger partial charge is 1.00 e. The van der Waals surface area contributed by atoms with Crippen LogP contribution in [0.1, 0.15) is 6.92 Å². The summed E-state index contributed by atoms with van der Waals surface area (Å²) in [6.07, 6.45) is 5.74. The molecule has 0 unspecified atom stereocenters. The van der Waals surface area contributed by atoms with Crippen LogP contribution in [0.4, 0.5) is 0 Å². The molecule has 0 aliphatic carbocycles. The van der Waals surface area contributed by atoms with Crippen molar-refractivity contribution < 1.29 is 103 Å². The van der Waals surface area contributed by atoms with Gasteiger partial charge in [-0.05, 0) is 13.0 Å². The summed E-state index contributed by atoms with van der Waals surface area (Å²) < 4.78 is 0. The maximum absolute atomic E-state index is 9.64. The Kier molecular flexibility index (Phi) is 37.4. The first-order valence-corrected chi connectivity index (χ1v) is 2.27. The van der Waals surface area contributed by atoms with E-state index in [9.17, 15) is 9.90 Å². The number of aliphatic carboxylic acids is 1.